The van der Waals surface area contributed by atoms with Crippen LogP contribution in [0.25, 0.3) is 65.4 Å². The zero-order chi connectivity index (χ0) is 29.0. The third kappa shape index (κ3) is 3.80. The molecule has 206 valence electrons. The van der Waals surface area contributed by atoms with Gasteiger partial charge in [-0.1, -0.05) is 115 Å². The molecular formula is C41H26N2O. The van der Waals surface area contributed by atoms with E-state index in [9.17, 15) is 0 Å². The zero-order valence-electron chi connectivity index (χ0n) is 23.8. The molecule has 2 heterocycles. The highest BCUT2D eigenvalue weighted by atomic mass is 16.3. The Hall–Kier alpha value is -5.93. The first-order valence-electron chi connectivity index (χ1n) is 14.9. The summed E-state index contributed by atoms with van der Waals surface area (Å²) in [6.45, 7) is 0. The Bertz CT molecular complexity index is 2490. The molecule has 9 rings (SSSR count). The predicted molar refractivity (Wildman–Crippen MR) is 184 cm³/mol. The van der Waals surface area contributed by atoms with Crippen LogP contribution in [0.5, 0.6) is 0 Å². The molecule has 0 fully saturated rings. The quantitative estimate of drug-likeness (QED) is 0.200. The topological polar surface area (TPSA) is 29.3 Å². The first-order valence-corrected chi connectivity index (χ1v) is 14.9. The highest BCUT2D eigenvalue weighted by Crippen LogP contribution is 2.46. The average molecular weight is 563 g/mol. The van der Waals surface area contributed by atoms with E-state index in [0.29, 0.717) is 0 Å². The summed E-state index contributed by atoms with van der Waals surface area (Å²) in [6.07, 6.45) is 3.67. The summed E-state index contributed by atoms with van der Waals surface area (Å²) in [6, 6.07) is 51.9. The average Bonchev–Trinajstić information content (AvgIpc) is 3.48. The number of benzene rings is 7. The number of hydrogen-bond donors (Lipinski definition) is 0. The van der Waals surface area contributed by atoms with Crippen LogP contribution >= 0.6 is 0 Å². The van der Waals surface area contributed by atoms with E-state index in [1.54, 1.807) is 6.20 Å². The van der Waals surface area contributed by atoms with Crippen LogP contribution in [0.15, 0.2) is 162 Å². The molecule has 0 N–H and O–H groups in total. The lowest BCUT2D eigenvalue weighted by atomic mass is 9.94. The molecule has 0 spiro atoms. The van der Waals surface area contributed by atoms with Crippen molar-refractivity contribution in [2.75, 3.05) is 4.90 Å². The van der Waals surface area contributed by atoms with Gasteiger partial charge in [-0.2, -0.15) is 0 Å². The minimum atomic E-state index is 0.830. The van der Waals surface area contributed by atoms with Crippen molar-refractivity contribution < 1.29 is 4.42 Å². The molecule has 7 aromatic carbocycles. The van der Waals surface area contributed by atoms with Crippen molar-refractivity contribution in [3.8, 4) is 11.1 Å². The molecule has 0 bridgehead atoms. The summed E-state index contributed by atoms with van der Waals surface area (Å²) in [7, 11) is 0. The number of pyridine rings is 1. The van der Waals surface area contributed by atoms with Crippen molar-refractivity contribution in [3.05, 3.63) is 158 Å². The lowest BCUT2D eigenvalue weighted by Gasteiger charge is -2.28. The van der Waals surface area contributed by atoms with E-state index in [1.165, 1.54) is 43.4 Å². The van der Waals surface area contributed by atoms with Crippen LogP contribution in [-0.2, 0) is 0 Å². The molecule has 0 aliphatic heterocycles. The number of aromatic nitrogens is 1. The van der Waals surface area contributed by atoms with Crippen LogP contribution in [0.3, 0.4) is 0 Å². The summed E-state index contributed by atoms with van der Waals surface area (Å²) in [4.78, 5) is 6.74. The van der Waals surface area contributed by atoms with E-state index in [-0.39, 0.29) is 0 Å². The molecule has 0 aliphatic carbocycles. The Kier molecular flexibility index (Phi) is 5.50. The molecule has 3 nitrogen and oxygen atoms in total. The van der Waals surface area contributed by atoms with E-state index >= 15 is 0 Å². The van der Waals surface area contributed by atoms with Gasteiger partial charge in [0.2, 0.25) is 0 Å². The van der Waals surface area contributed by atoms with Gasteiger partial charge in [-0.05, 0) is 68.4 Å². The second-order valence-electron chi connectivity index (χ2n) is 11.2. The largest absolute Gasteiger partial charge is 0.454 e. The standard InChI is InChI=1S/C41H26N2O/c1-2-9-27(10-3-1)28-19-21-31(22-20-28)43(37-16-8-15-35-36-26-42-24-23-39(36)44-41(35)37)38-25-30-18-17-29-11-4-5-12-32(29)40(30)34-14-7-6-13-33(34)38/h1-26H. The molecular weight excluding hydrogens is 536 g/mol. The third-order valence-corrected chi connectivity index (χ3v) is 8.72. The van der Waals surface area contributed by atoms with Crippen molar-refractivity contribution >= 4 is 71.3 Å². The van der Waals surface area contributed by atoms with Gasteiger partial charge >= 0.3 is 0 Å². The summed E-state index contributed by atoms with van der Waals surface area (Å²) >= 11 is 0. The van der Waals surface area contributed by atoms with Crippen LogP contribution in [-0.4, -0.2) is 4.98 Å². The molecule has 9 aromatic rings. The maximum Gasteiger partial charge on any atom is 0.159 e. The Morgan fingerprint density at radius 3 is 2.05 bits per heavy atom. The van der Waals surface area contributed by atoms with Crippen LogP contribution in [0.2, 0.25) is 0 Å². The van der Waals surface area contributed by atoms with Crippen molar-refractivity contribution in [1.29, 1.82) is 0 Å². The minimum Gasteiger partial charge on any atom is -0.454 e. The molecule has 0 atom stereocenters. The van der Waals surface area contributed by atoms with Gasteiger partial charge < -0.3 is 9.32 Å². The SMILES string of the molecule is c1ccc(-c2ccc(N(c3cc4ccc5ccccc5c4c4ccccc34)c3cccc4c3oc3ccncc34)cc2)cc1. The van der Waals surface area contributed by atoms with Crippen molar-refractivity contribution in [3.63, 3.8) is 0 Å². The minimum absolute atomic E-state index is 0.830. The monoisotopic (exact) mass is 562 g/mol. The number of hydrogen-bond acceptors (Lipinski definition) is 3. The van der Waals surface area contributed by atoms with E-state index in [0.717, 1.165) is 39.0 Å². The summed E-state index contributed by atoms with van der Waals surface area (Å²) < 4.78 is 6.58. The Morgan fingerprint density at radius 2 is 1.18 bits per heavy atom. The normalized spacial score (nSPS) is 11.6. The van der Waals surface area contributed by atoms with Crippen molar-refractivity contribution in [1.82, 2.24) is 4.98 Å². The smallest absolute Gasteiger partial charge is 0.159 e. The van der Waals surface area contributed by atoms with Crippen LogP contribution < -0.4 is 4.90 Å². The molecule has 0 saturated carbocycles. The summed E-state index contributed by atoms with van der Waals surface area (Å²) in [5.41, 5.74) is 7.18. The van der Waals surface area contributed by atoms with Gasteiger partial charge in [0, 0.05) is 34.2 Å². The molecule has 0 unspecified atom stereocenters. The Balaban J connectivity index is 1.36. The lowest BCUT2D eigenvalue weighted by Crippen LogP contribution is -2.11. The van der Waals surface area contributed by atoms with Gasteiger partial charge in [-0.25, -0.2) is 0 Å². The van der Waals surface area contributed by atoms with Crippen molar-refractivity contribution in [2.45, 2.75) is 0 Å². The number of fused-ring (bicyclic) bond motifs is 8. The predicted octanol–water partition coefficient (Wildman–Crippen LogP) is 11.6. The maximum absolute atomic E-state index is 6.58. The second-order valence-corrected chi connectivity index (χ2v) is 11.2. The fourth-order valence-electron chi connectivity index (χ4n) is 6.69. The van der Waals surface area contributed by atoms with Crippen LogP contribution in [0, 0.1) is 0 Å². The van der Waals surface area contributed by atoms with Gasteiger partial charge in [0.25, 0.3) is 0 Å². The van der Waals surface area contributed by atoms with Crippen LogP contribution in [0.1, 0.15) is 0 Å². The molecule has 0 radical (unpaired) electrons. The highest BCUT2D eigenvalue weighted by Gasteiger charge is 2.22. The summed E-state index contributed by atoms with van der Waals surface area (Å²) in [5, 5.41) is 9.44. The highest BCUT2D eigenvalue weighted by molar-refractivity contribution is 6.24. The van der Waals surface area contributed by atoms with Gasteiger partial charge in [0.1, 0.15) is 5.58 Å². The first-order chi connectivity index (χ1) is 21.8. The van der Waals surface area contributed by atoms with E-state index < -0.39 is 0 Å². The number of nitrogens with zero attached hydrogens (tertiary/aromatic N) is 2. The van der Waals surface area contributed by atoms with E-state index in [2.05, 4.69) is 149 Å². The molecule has 0 saturated heterocycles. The number of furan rings is 1. The fraction of sp³-hybridized carbons (Fsp3) is 0. The maximum atomic E-state index is 6.58. The number of para-hydroxylation sites is 1. The first kappa shape index (κ1) is 24.6. The third-order valence-electron chi connectivity index (χ3n) is 8.72. The molecule has 44 heavy (non-hydrogen) atoms. The molecule has 2 aromatic heterocycles. The zero-order valence-corrected chi connectivity index (χ0v) is 23.8. The number of rotatable bonds is 4. The Labute approximate surface area is 254 Å². The molecule has 0 aliphatic rings. The second kappa shape index (κ2) is 9.82. The molecule has 3 heteroatoms. The van der Waals surface area contributed by atoms with E-state index in [4.69, 9.17) is 4.42 Å². The van der Waals surface area contributed by atoms with Crippen molar-refractivity contribution in [2.24, 2.45) is 0 Å². The van der Waals surface area contributed by atoms with Crippen LogP contribution in [0.4, 0.5) is 17.1 Å². The van der Waals surface area contributed by atoms with Gasteiger partial charge in [-0.15, -0.1) is 0 Å². The van der Waals surface area contributed by atoms with Gasteiger partial charge in [0.15, 0.2) is 5.58 Å². The fourth-order valence-corrected chi connectivity index (χ4v) is 6.69. The van der Waals surface area contributed by atoms with E-state index in [1.807, 2.05) is 12.3 Å². The lowest BCUT2D eigenvalue weighted by molar-refractivity contribution is 0.668. The van der Waals surface area contributed by atoms with Gasteiger partial charge in [0.05, 0.1) is 11.4 Å². The molecule has 0 amide bonds. The summed E-state index contributed by atoms with van der Waals surface area (Å²) in [5.74, 6) is 0. The Morgan fingerprint density at radius 1 is 0.477 bits per heavy atom. The number of anilines is 3. The van der Waals surface area contributed by atoms with Gasteiger partial charge in [-0.3, -0.25) is 4.98 Å².